The van der Waals surface area contributed by atoms with Crippen LogP contribution in [0.4, 0.5) is 0 Å². The van der Waals surface area contributed by atoms with Gasteiger partial charge >= 0.3 is 0 Å². The Morgan fingerprint density at radius 2 is 2.04 bits per heavy atom. The summed E-state index contributed by atoms with van der Waals surface area (Å²) in [5, 5.41) is 20.0. The Kier molecular flexibility index (Phi) is 8.23. The molecule has 4 N–H and O–H groups in total. The van der Waals surface area contributed by atoms with Crippen LogP contribution in [-0.2, 0) is 6.42 Å². The lowest BCUT2D eigenvalue weighted by atomic mass is 9.75. The van der Waals surface area contributed by atoms with E-state index in [-0.39, 0.29) is 12.4 Å². The van der Waals surface area contributed by atoms with E-state index in [9.17, 15) is 10.2 Å². The fourth-order valence-electron chi connectivity index (χ4n) is 3.59. The molecule has 1 saturated carbocycles. The molecular formula is C22H37NO3. The highest BCUT2D eigenvalue weighted by atomic mass is 16.5. The van der Waals surface area contributed by atoms with Crippen molar-refractivity contribution in [1.82, 2.24) is 0 Å². The maximum Gasteiger partial charge on any atom is 0.122 e. The maximum absolute atomic E-state index is 10.3. The number of aliphatic hydroxyl groups is 1. The van der Waals surface area contributed by atoms with Crippen molar-refractivity contribution in [2.75, 3.05) is 13.2 Å². The summed E-state index contributed by atoms with van der Waals surface area (Å²) in [6.45, 7) is 5.15. The summed E-state index contributed by atoms with van der Waals surface area (Å²) in [5.41, 5.74) is 6.73. The quantitative estimate of drug-likeness (QED) is 0.481. The number of aryl methyl sites for hydroxylation is 1. The van der Waals surface area contributed by atoms with Crippen molar-refractivity contribution >= 4 is 0 Å². The van der Waals surface area contributed by atoms with Gasteiger partial charge < -0.3 is 20.7 Å². The third-order valence-corrected chi connectivity index (χ3v) is 5.63. The van der Waals surface area contributed by atoms with E-state index in [1.807, 2.05) is 12.1 Å². The average molecular weight is 364 g/mol. The second-order valence-electron chi connectivity index (χ2n) is 8.55. The predicted molar refractivity (Wildman–Crippen MR) is 107 cm³/mol. The summed E-state index contributed by atoms with van der Waals surface area (Å²) in [6, 6.07) is 5.53. The van der Waals surface area contributed by atoms with E-state index in [2.05, 4.69) is 13.8 Å². The molecule has 0 heterocycles. The van der Waals surface area contributed by atoms with E-state index in [1.54, 1.807) is 6.07 Å². The third-order valence-electron chi connectivity index (χ3n) is 5.63. The molecule has 1 aliphatic carbocycles. The Labute approximate surface area is 158 Å². The van der Waals surface area contributed by atoms with Gasteiger partial charge in [0.1, 0.15) is 11.5 Å². The van der Waals surface area contributed by atoms with Crippen molar-refractivity contribution in [3.8, 4) is 11.5 Å². The lowest BCUT2D eigenvalue weighted by Crippen LogP contribution is -2.46. The molecule has 0 radical (unpaired) electrons. The van der Waals surface area contributed by atoms with Gasteiger partial charge in [-0.15, -0.1) is 0 Å². The minimum atomic E-state index is -0.539. The monoisotopic (exact) mass is 363 g/mol. The van der Waals surface area contributed by atoms with Gasteiger partial charge in [0.2, 0.25) is 0 Å². The molecule has 26 heavy (non-hydrogen) atoms. The van der Waals surface area contributed by atoms with Crippen LogP contribution in [0.3, 0.4) is 0 Å². The molecule has 4 heteroatoms. The molecule has 1 aliphatic rings. The predicted octanol–water partition coefficient (Wildman–Crippen LogP) is 4.41. The summed E-state index contributed by atoms with van der Waals surface area (Å²) < 4.78 is 5.74. The molecule has 1 fully saturated rings. The van der Waals surface area contributed by atoms with Crippen molar-refractivity contribution in [1.29, 1.82) is 0 Å². The number of phenolic OH excluding ortho intramolecular Hbond substituents is 1. The number of phenols is 1. The second kappa shape index (κ2) is 10.2. The third kappa shape index (κ3) is 6.81. The number of hydrogen-bond acceptors (Lipinski definition) is 4. The summed E-state index contributed by atoms with van der Waals surface area (Å²) in [7, 11) is 0. The molecule has 148 valence electrons. The lowest BCUT2D eigenvalue weighted by Gasteiger charge is -2.35. The molecule has 1 unspecified atom stereocenters. The Morgan fingerprint density at radius 1 is 1.27 bits per heavy atom. The number of rotatable bonds is 12. The molecule has 2 rings (SSSR count). The Morgan fingerprint density at radius 3 is 2.62 bits per heavy atom. The molecule has 0 bridgehead atoms. The number of nitrogens with two attached hydrogens (primary N) is 1. The molecule has 0 amide bonds. The van der Waals surface area contributed by atoms with Crippen LogP contribution < -0.4 is 10.5 Å². The smallest absolute Gasteiger partial charge is 0.122 e. The molecule has 1 aromatic rings. The highest BCUT2D eigenvalue weighted by Crippen LogP contribution is 2.35. The number of ether oxygens (including phenoxy) is 1. The second-order valence-corrected chi connectivity index (χ2v) is 8.55. The Bertz CT molecular complexity index is 542. The normalized spacial score (nSPS) is 17.1. The number of unbranched alkanes of at least 4 members (excludes halogenated alkanes) is 1. The first-order valence-corrected chi connectivity index (χ1v) is 10.3. The Hall–Kier alpha value is -1.26. The number of benzene rings is 1. The molecule has 0 aromatic heterocycles. The zero-order valence-corrected chi connectivity index (χ0v) is 16.5. The standard InChI is InChI=1S/C22H37NO3/c1-17(2)6-3-4-13-26-20-10-9-19(21(25)14-20)11-12-22(23,16-24)15-18-7-5-8-18/h9-10,14,17-18,24-25H,3-8,11-13,15-16,23H2,1-2H3. The average Bonchev–Trinajstić information content (AvgIpc) is 2.57. The summed E-state index contributed by atoms with van der Waals surface area (Å²) in [4.78, 5) is 0. The van der Waals surface area contributed by atoms with Crippen LogP contribution in [0.5, 0.6) is 11.5 Å². The van der Waals surface area contributed by atoms with Crippen LogP contribution in [0.25, 0.3) is 0 Å². The molecule has 4 nitrogen and oxygen atoms in total. The van der Waals surface area contributed by atoms with Gasteiger partial charge in [0, 0.05) is 11.6 Å². The summed E-state index contributed by atoms with van der Waals surface area (Å²) in [5.74, 6) is 2.36. The van der Waals surface area contributed by atoms with Gasteiger partial charge in [0.05, 0.1) is 13.2 Å². The lowest BCUT2D eigenvalue weighted by molar-refractivity contribution is 0.135. The number of hydrogen-bond donors (Lipinski definition) is 3. The van der Waals surface area contributed by atoms with Crippen LogP contribution in [0.15, 0.2) is 18.2 Å². The van der Waals surface area contributed by atoms with Gasteiger partial charge in [0.25, 0.3) is 0 Å². The van der Waals surface area contributed by atoms with Crippen LogP contribution in [-0.4, -0.2) is 29.0 Å². The SMILES string of the molecule is CC(C)CCCCOc1ccc(CCC(N)(CO)CC2CCC2)c(O)c1. The van der Waals surface area contributed by atoms with Gasteiger partial charge in [-0.25, -0.2) is 0 Å². The van der Waals surface area contributed by atoms with Crippen molar-refractivity contribution in [3.63, 3.8) is 0 Å². The fraction of sp³-hybridized carbons (Fsp3) is 0.727. The highest BCUT2D eigenvalue weighted by molar-refractivity contribution is 5.39. The van der Waals surface area contributed by atoms with E-state index in [0.717, 1.165) is 24.3 Å². The first kappa shape index (κ1) is 21.0. The van der Waals surface area contributed by atoms with E-state index in [0.29, 0.717) is 31.1 Å². The van der Waals surface area contributed by atoms with Gasteiger partial charge in [-0.1, -0.05) is 45.6 Å². The zero-order chi connectivity index (χ0) is 19.0. The summed E-state index contributed by atoms with van der Waals surface area (Å²) >= 11 is 0. The molecule has 0 saturated heterocycles. The van der Waals surface area contributed by atoms with Crippen molar-refractivity contribution < 1.29 is 14.9 Å². The van der Waals surface area contributed by atoms with Gasteiger partial charge in [-0.05, 0) is 55.6 Å². The first-order valence-electron chi connectivity index (χ1n) is 10.3. The van der Waals surface area contributed by atoms with Gasteiger partial charge in [0.15, 0.2) is 0 Å². The van der Waals surface area contributed by atoms with Crippen LogP contribution >= 0.6 is 0 Å². The van der Waals surface area contributed by atoms with E-state index < -0.39 is 5.54 Å². The maximum atomic E-state index is 10.3. The molecule has 0 spiro atoms. The van der Waals surface area contributed by atoms with Crippen LogP contribution in [0.1, 0.15) is 70.8 Å². The van der Waals surface area contributed by atoms with E-state index >= 15 is 0 Å². The highest BCUT2D eigenvalue weighted by Gasteiger charge is 2.31. The van der Waals surface area contributed by atoms with Crippen molar-refractivity contribution in [2.45, 2.75) is 77.2 Å². The molecule has 1 atom stereocenters. The molecular weight excluding hydrogens is 326 g/mol. The van der Waals surface area contributed by atoms with E-state index in [4.69, 9.17) is 10.5 Å². The summed E-state index contributed by atoms with van der Waals surface area (Å²) in [6.07, 6.45) is 9.40. The van der Waals surface area contributed by atoms with Crippen molar-refractivity contribution in [2.24, 2.45) is 17.6 Å². The number of aliphatic hydroxyl groups excluding tert-OH is 1. The molecule has 0 aliphatic heterocycles. The van der Waals surface area contributed by atoms with Gasteiger partial charge in [-0.3, -0.25) is 0 Å². The van der Waals surface area contributed by atoms with E-state index in [1.165, 1.54) is 32.1 Å². The largest absolute Gasteiger partial charge is 0.508 e. The minimum Gasteiger partial charge on any atom is -0.508 e. The Balaban J connectivity index is 1.78. The van der Waals surface area contributed by atoms with Crippen molar-refractivity contribution in [3.05, 3.63) is 23.8 Å². The molecule has 1 aromatic carbocycles. The number of aromatic hydroxyl groups is 1. The topological polar surface area (TPSA) is 75.7 Å². The minimum absolute atomic E-state index is 0.00182. The zero-order valence-electron chi connectivity index (χ0n) is 16.5. The van der Waals surface area contributed by atoms with Gasteiger partial charge in [-0.2, -0.15) is 0 Å². The van der Waals surface area contributed by atoms with Crippen LogP contribution in [0.2, 0.25) is 0 Å². The van der Waals surface area contributed by atoms with Crippen LogP contribution in [0, 0.1) is 11.8 Å². The first-order chi connectivity index (χ1) is 12.4. The fourth-order valence-corrected chi connectivity index (χ4v) is 3.59.